The average Bonchev–Trinajstić information content (AvgIpc) is 2.39. The van der Waals surface area contributed by atoms with Crippen molar-refractivity contribution in [2.75, 3.05) is 13.5 Å². The SMILES string of the molecule is [2H]C([2H])([2H])N1C[C@@H]1C#N. The van der Waals surface area contributed by atoms with Gasteiger partial charge in [0.05, 0.1) is 6.07 Å². The van der Waals surface area contributed by atoms with E-state index in [-0.39, 0.29) is 6.04 Å². The first-order valence-electron chi connectivity index (χ1n) is 3.22. The number of nitrogens with zero attached hydrogens (tertiary/aromatic N) is 2. The van der Waals surface area contributed by atoms with Gasteiger partial charge in [-0.25, -0.2) is 0 Å². The Bertz CT molecular complexity index is 156. The van der Waals surface area contributed by atoms with Gasteiger partial charge in [-0.3, -0.25) is 4.90 Å². The zero-order chi connectivity index (χ0) is 7.07. The van der Waals surface area contributed by atoms with E-state index < -0.39 is 6.98 Å². The molecule has 0 aromatic carbocycles. The molecule has 0 radical (unpaired) electrons. The number of hydrogen-bond acceptors (Lipinski definition) is 2. The molecular formula is C4H6N2. The Kier molecular flexibility index (Phi) is 0.240. The maximum absolute atomic E-state index is 8.20. The minimum atomic E-state index is -2.06. The predicted molar refractivity (Wildman–Crippen MR) is 22.0 cm³/mol. The van der Waals surface area contributed by atoms with E-state index in [4.69, 9.17) is 9.37 Å². The standard InChI is InChI=1S/C4H6N2/c1-6-3-4(6)2-5/h4H,3H2,1H3/t4-,6?/m0/s1/i1D3. The fourth-order valence-electron chi connectivity index (χ4n) is 0.250. The quantitative estimate of drug-likeness (QED) is 0.382. The highest BCUT2D eigenvalue weighted by atomic mass is 15.3. The molecule has 1 aliphatic rings. The van der Waals surface area contributed by atoms with Gasteiger partial charge in [0.15, 0.2) is 0 Å². The molecule has 1 heterocycles. The van der Waals surface area contributed by atoms with E-state index in [1.54, 1.807) is 0 Å². The Morgan fingerprint density at radius 1 is 2.33 bits per heavy atom. The normalized spacial score (nSPS) is 50.8. The summed E-state index contributed by atoms with van der Waals surface area (Å²) in [6.07, 6.45) is 0. The molecule has 0 amide bonds. The molecule has 0 saturated carbocycles. The Morgan fingerprint density at radius 3 is 3.33 bits per heavy atom. The smallest absolute Gasteiger partial charge is 0.110 e. The molecule has 1 aliphatic heterocycles. The first-order chi connectivity index (χ1) is 4.05. The van der Waals surface area contributed by atoms with E-state index in [1.165, 1.54) is 4.90 Å². The van der Waals surface area contributed by atoms with Gasteiger partial charge >= 0.3 is 0 Å². The number of hydrogen-bond donors (Lipinski definition) is 0. The van der Waals surface area contributed by atoms with Crippen LogP contribution in [-0.4, -0.2) is 24.5 Å². The van der Waals surface area contributed by atoms with Crippen LogP contribution in [-0.2, 0) is 0 Å². The molecule has 2 nitrogen and oxygen atoms in total. The summed E-state index contributed by atoms with van der Waals surface area (Å²) in [6, 6.07) is 1.50. The summed E-state index contributed by atoms with van der Waals surface area (Å²) in [6.45, 7) is -1.66. The first kappa shape index (κ1) is 1.51. The maximum atomic E-state index is 8.20. The lowest BCUT2D eigenvalue weighted by molar-refractivity contribution is 0.664. The predicted octanol–water partition coefficient (Wildman–Crippen LogP) is -0.176. The molecule has 6 heavy (non-hydrogen) atoms. The molecule has 0 spiro atoms. The molecule has 2 heteroatoms. The van der Waals surface area contributed by atoms with Crippen molar-refractivity contribution in [3.63, 3.8) is 0 Å². The van der Waals surface area contributed by atoms with Crippen LogP contribution in [0.4, 0.5) is 0 Å². The van der Waals surface area contributed by atoms with Gasteiger partial charge in [-0.05, 0) is 6.98 Å². The van der Waals surface area contributed by atoms with Crippen molar-refractivity contribution in [2.45, 2.75) is 6.04 Å². The fourth-order valence-corrected chi connectivity index (χ4v) is 0.250. The summed E-state index contributed by atoms with van der Waals surface area (Å²) >= 11 is 0. The van der Waals surface area contributed by atoms with E-state index in [0.717, 1.165) is 0 Å². The molecule has 0 aliphatic carbocycles. The van der Waals surface area contributed by atoms with E-state index in [1.807, 2.05) is 6.07 Å². The van der Waals surface area contributed by atoms with Crippen LogP contribution in [0.5, 0.6) is 0 Å². The highest BCUT2D eigenvalue weighted by Gasteiger charge is 2.28. The molecule has 32 valence electrons. The zero-order valence-electron chi connectivity index (χ0n) is 6.18. The van der Waals surface area contributed by atoms with Crippen LogP contribution in [0, 0.1) is 11.3 Å². The third-order valence-electron chi connectivity index (χ3n) is 0.761. The van der Waals surface area contributed by atoms with Gasteiger partial charge < -0.3 is 0 Å². The van der Waals surface area contributed by atoms with Gasteiger partial charge in [-0.15, -0.1) is 0 Å². The van der Waals surface area contributed by atoms with Crippen molar-refractivity contribution in [1.82, 2.24) is 4.90 Å². The summed E-state index contributed by atoms with van der Waals surface area (Å²) in [7, 11) is 0. The van der Waals surface area contributed by atoms with Crippen molar-refractivity contribution in [2.24, 2.45) is 0 Å². The van der Waals surface area contributed by atoms with Crippen LogP contribution in [0.2, 0.25) is 0 Å². The molecule has 2 atom stereocenters. The van der Waals surface area contributed by atoms with E-state index in [9.17, 15) is 0 Å². The minimum absolute atomic E-state index is 0.363. The van der Waals surface area contributed by atoms with Gasteiger partial charge in [-0.2, -0.15) is 5.26 Å². The number of rotatable bonds is 0. The summed E-state index contributed by atoms with van der Waals surface area (Å²) in [5.41, 5.74) is 0. The topological polar surface area (TPSA) is 26.8 Å². The highest BCUT2D eigenvalue weighted by molar-refractivity contribution is 5.03. The van der Waals surface area contributed by atoms with Gasteiger partial charge in [-0.1, -0.05) is 0 Å². The summed E-state index contributed by atoms with van der Waals surface area (Å²) in [5, 5.41) is 8.20. The molecular weight excluding hydrogens is 76.1 g/mol. The monoisotopic (exact) mass is 85.1 g/mol. The van der Waals surface area contributed by atoms with Crippen molar-refractivity contribution in [1.29, 1.82) is 5.26 Å². The van der Waals surface area contributed by atoms with Gasteiger partial charge in [0.2, 0.25) is 0 Å². The fraction of sp³-hybridized carbons (Fsp3) is 0.750. The Hall–Kier alpha value is -0.550. The number of nitriles is 1. The van der Waals surface area contributed by atoms with Crippen molar-refractivity contribution >= 4 is 0 Å². The second-order valence-electron chi connectivity index (χ2n) is 1.30. The van der Waals surface area contributed by atoms with E-state index in [2.05, 4.69) is 0 Å². The molecule has 1 saturated heterocycles. The van der Waals surface area contributed by atoms with Crippen LogP contribution in [0.15, 0.2) is 0 Å². The zero-order valence-corrected chi connectivity index (χ0v) is 3.18. The third-order valence-corrected chi connectivity index (χ3v) is 0.761. The van der Waals surface area contributed by atoms with Crippen LogP contribution in [0.3, 0.4) is 0 Å². The Balaban J connectivity index is 2.45. The van der Waals surface area contributed by atoms with Crippen molar-refractivity contribution in [3.05, 3.63) is 0 Å². The Morgan fingerprint density at radius 2 is 3.17 bits per heavy atom. The maximum Gasteiger partial charge on any atom is 0.110 e. The van der Waals surface area contributed by atoms with Crippen molar-refractivity contribution < 1.29 is 4.11 Å². The van der Waals surface area contributed by atoms with Gasteiger partial charge in [0.25, 0.3) is 0 Å². The second-order valence-corrected chi connectivity index (χ2v) is 1.30. The van der Waals surface area contributed by atoms with Gasteiger partial charge in [0, 0.05) is 10.7 Å². The molecule has 1 rings (SSSR count). The molecule has 0 aromatic heterocycles. The summed E-state index contributed by atoms with van der Waals surface area (Å²) in [5.74, 6) is 0. The average molecular weight is 85.1 g/mol. The largest absolute Gasteiger partial charge is 0.287 e. The van der Waals surface area contributed by atoms with E-state index >= 15 is 0 Å². The summed E-state index contributed by atoms with van der Waals surface area (Å²) in [4.78, 5) is 1.17. The highest BCUT2D eigenvalue weighted by Crippen LogP contribution is 2.09. The van der Waals surface area contributed by atoms with Gasteiger partial charge in [0.1, 0.15) is 6.04 Å². The molecule has 0 bridgehead atoms. The first-order valence-corrected chi connectivity index (χ1v) is 1.72. The number of likely N-dealkylation sites (N-methyl/N-ethyl adjacent to an activating group) is 1. The minimum Gasteiger partial charge on any atom is -0.287 e. The van der Waals surface area contributed by atoms with Crippen LogP contribution < -0.4 is 0 Å². The third kappa shape index (κ3) is 0.373. The Labute approximate surface area is 41.2 Å². The molecule has 0 aromatic rings. The lowest BCUT2D eigenvalue weighted by Gasteiger charge is -1.73. The second kappa shape index (κ2) is 0.954. The molecule has 0 N–H and O–H groups in total. The molecule has 1 fully saturated rings. The van der Waals surface area contributed by atoms with Crippen molar-refractivity contribution in [3.8, 4) is 6.07 Å². The lowest BCUT2D eigenvalue weighted by atomic mass is 10.5. The summed E-state index contributed by atoms with van der Waals surface area (Å²) < 4.78 is 20.4. The van der Waals surface area contributed by atoms with Crippen LogP contribution in [0.1, 0.15) is 4.11 Å². The van der Waals surface area contributed by atoms with Crippen LogP contribution in [0.25, 0.3) is 0 Å². The lowest BCUT2D eigenvalue weighted by Crippen LogP contribution is -1.86. The van der Waals surface area contributed by atoms with Crippen LogP contribution >= 0.6 is 0 Å². The van der Waals surface area contributed by atoms with E-state index in [0.29, 0.717) is 6.54 Å². The molecule has 1 unspecified atom stereocenters.